The third-order valence-corrected chi connectivity index (χ3v) is 11.9. The van der Waals surface area contributed by atoms with Crippen LogP contribution in [0.1, 0.15) is 258 Å². The predicted molar refractivity (Wildman–Crippen MR) is 268 cm³/mol. The molecule has 62 heavy (non-hydrogen) atoms. The van der Waals surface area contributed by atoms with E-state index >= 15 is 0 Å². The van der Waals surface area contributed by atoms with Crippen molar-refractivity contribution in [2.75, 3.05) is 6.61 Å². The van der Waals surface area contributed by atoms with Crippen molar-refractivity contribution in [2.45, 2.75) is 277 Å². The van der Waals surface area contributed by atoms with Crippen LogP contribution >= 0.6 is 0 Å². The topological polar surface area (TPSA) is 95.9 Å². The number of amides is 1. The van der Waals surface area contributed by atoms with Gasteiger partial charge in [0.25, 0.3) is 0 Å². The molecular weight excluding hydrogens is 767 g/mol. The van der Waals surface area contributed by atoms with Crippen molar-refractivity contribution in [1.29, 1.82) is 0 Å². The van der Waals surface area contributed by atoms with Gasteiger partial charge in [-0.1, -0.05) is 255 Å². The average molecular weight is 868 g/mol. The molecule has 0 saturated carbocycles. The molecule has 3 atom stereocenters. The summed E-state index contributed by atoms with van der Waals surface area (Å²) in [7, 11) is 0. The molecule has 0 spiro atoms. The summed E-state index contributed by atoms with van der Waals surface area (Å²) in [6.07, 6.45) is 61.6. The Morgan fingerprint density at radius 3 is 1.23 bits per heavy atom. The molecule has 3 N–H and O–H groups in total. The second-order valence-electron chi connectivity index (χ2n) is 17.9. The highest BCUT2D eigenvalue weighted by molar-refractivity contribution is 5.77. The Morgan fingerprint density at radius 2 is 0.839 bits per heavy atom. The first-order valence-corrected chi connectivity index (χ1v) is 26.5. The summed E-state index contributed by atoms with van der Waals surface area (Å²) in [6.45, 7) is 6.35. The number of hydrogen-bond donors (Lipinski definition) is 3. The van der Waals surface area contributed by atoms with Crippen LogP contribution in [-0.2, 0) is 14.3 Å². The summed E-state index contributed by atoms with van der Waals surface area (Å²) in [5, 5.41) is 23.8. The van der Waals surface area contributed by atoms with Gasteiger partial charge in [-0.05, 0) is 44.9 Å². The molecule has 3 unspecified atom stereocenters. The highest BCUT2D eigenvalue weighted by Crippen LogP contribution is 2.17. The van der Waals surface area contributed by atoms with Crippen LogP contribution in [-0.4, -0.2) is 46.9 Å². The minimum atomic E-state index is -0.812. The highest BCUT2D eigenvalue weighted by atomic mass is 16.5. The van der Waals surface area contributed by atoms with Gasteiger partial charge in [-0.25, -0.2) is 0 Å². The van der Waals surface area contributed by atoms with Crippen LogP contribution in [0.2, 0.25) is 0 Å². The number of nitrogens with one attached hydrogen (secondary N) is 1. The standard InChI is InChI=1S/C56H101NO5/c1-4-7-10-13-16-19-22-24-26-27-29-31-34-36-39-42-45-48-54(59)53(51-58)57-55(60)50-52(62-56(61)49-46-43-40-37-32-21-18-15-12-9-6-3)47-44-41-38-35-33-30-28-25-23-20-17-14-11-8-5-2/h8,11,17,20,25,28,33,35,41,44,52-54,58-59H,4-7,9-10,12-16,18-19,21-24,26-27,29-32,34,36-40,42-43,45-51H2,1-3H3,(H,57,60)/b11-8-,20-17-,28-25-,35-33-,44-41-. The first-order chi connectivity index (χ1) is 30.5. The second-order valence-corrected chi connectivity index (χ2v) is 17.9. The smallest absolute Gasteiger partial charge is 0.306 e. The number of rotatable bonds is 47. The van der Waals surface area contributed by atoms with Crippen molar-refractivity contribution in [3.8, 4) is 0 Å². The van der Waals surface area contributed by atoms with Crippen molar-refractivity contribution in [3.63, 3.8) is 0 Å². The summed E-state index contributed by atoms with van der Waals surface area (Å²) < 4.78 is 5.86. The van der Waals surface area contributed by atoms with Crippen LogP contribution in [0.5, 0.6) is 0 Å². The zero-order valence-corrected chi connectivity index (χ0v) is 41.0. The van der Waals surface area contributed by atoms with Gasteiger partial charge in [-0.15, -0.1) is 0 Å². The predicted octanol–water partition coefficient (Wildman–Crippen LogP) is 16.0. The Hall–Kier alpha value is -2.44. The van der Waals surface area contributed by atoms with Gasteiger partial charge in [0.15, 0.2) is 0 Å². The van der Waals surface area contributed by atoms with E-state index in [1.165, 1.54) is 141 Å². The molecule has 6 heteroatoms. The van der Waals surface area contributed by atoms with Gasteiger partial charge in [0.2, 0.25) is 5.91 Å². The maximum Gasteiger partial charge on any atom is 0.306 e. The molecule has 0 aromatic heterocycles. The second kappa shape index (κ2) is 49.6. The molecule has 0 aromatic rings. The van der Waals surface area contributed by atoms with E-state index in [4.69, 9.17) is 4.74 Å². The molecule has 0 aliphatic carbocycles. The molecule has 0 heterocycles. The lowest BCUT2D eigenvalue weighted by molar-refractivity contribution is -0.150. The Balaban J connectivity index is 4.62. The Bertz CT molecular complexity index is 1110. The molecule has 360 valence electrons. The molecule has 0 aromatic carbocycles. The summed E-state index contributed by atoms with van der Waals surface area (Å²) in [5.41, 5.74) is 0. The number of carbonyl (C=O) groups is 2. The van der Waals surface area contributed by atoms with E-state index < -0.39 is 18.2 Å². The fourth-order valence-corrected chi connectivity index (χ4v) is 7.87. The van der Waals surface area contributed by atoms with E-state index in [-0.39, 0.29) is 24.9 Å². The van der Waals surface area contributed by atoms with E-state index in [9.17, 15) is 19.8 Å². The largest absolute Gasteiger partial charge is 0.461 e. The molecule has 1 amide bonds. The van der Waals surface area contributed by atoms with Crippen LogP contribution in [0.15, 0.2) is 60.8 Å². The quantitative estimate of drug-likeness (QED) is 0.0322. The van der Waals surface area contributed by atoms with E-state index in [2.05, 4.69) is 74.7 Å². The normalized spacial score (nSPS) is 13.7. The van der Waals surface area contributed by atoms with Crippen LogP contribution in [0.25, 0.3) is 0 Å². The SMILES string of the molecule is CC/C=C\C/C=C\C/C=C\C/C=C\C/C=C\CC(CC(=O)NC(CO)C(O)CCCCCCCCCCCCCCCCCCC)OC(=O)CCCCCCCCCCCCC. The molecule has 0 bridgehead atoms. The van der Waals surface area contributed by atoms with Crippen LogP contribution < -0.4 is 5.32 Å². The van der Waals surface area contributed by atoms with Gasteiger partial charge >= 0.3 is 5.97 Å². The number of carbonyl (C=O) groups excluding carboxylic acids is 2. The van der Waals surface area contributed by atoms with Crippen LogP contribution in [0.3, 0.4) is 0 Å². The van der Waals surface area contributed by atoms with Gasteiger partial charge in [0.1, 0.15) is 6.10 Å². The van der Waals surface area contributed by atoms with Crippen molar-refractivity contribution >= 4 is 11.9 Å². The number of esters is 1. The lowest BCUT2D eigenvalue weighted by Gasteiger charge is -2.24. The molecule has 0 aliphatic rings. The lowest BCUT2D eigenvalue weighted by atomic mass is 10.0. The molecular formula is C56H101NO5. The Morgan fingerprint density at radius 1 is 0.484 bits per heavy atom. The molecule has 6 nitrogen and oxygen atoms in total. The van der Waals surface area contributed by atoms with Gasteiger partial charge in [-0.2, -0.15) is 0 Å². The monoisotopic (exact) mass is 868 g/mol. The minimum Gasteiger partial charge on any atom is -0.461 e. The number of hydrogen-bond acceptors (Lipinski definition) is 5. The van der Waals surface area contributed by atoms with Crippen molar-refractivity contribution in [2.24, 2.45) is 0 Å². The van der Waals surface area contributed by atoms with E-state index in [0.717, 1.165) is 70.6 Å². The zero-order chi connectivity index (χ0) is 45.2. The van der Waals surface area contributed by atoms with Crippen molar-refractivity contribution in [1.82, 2.24) is 5.32 Å². The van der Waals surface area contributed by atoms with Crippen LogP contribution in [0, 0.1) is 0 Å². The number of aliphatic hydroxyl groups is 2. The van der Waals surface area contributed by atoms with Crippen molar-refractivity contribution in [3.05, 3.63) is 60.8 Å². The third kappa shape index (κ3) is 44.2. The van der Waals surface area contributed by atoms with E-state index in [1.54, 1.807) is 0 Å². The van der Waals surface area contributed by atoms with E-state index in [0.29, 0.717) is 19.3 Å². The highest BCUT2D eigenvalue weighted by Gasteiger charge is 2.23. The maximum absolute atomic E-state index is 13.2. The number of allylic oxidation sites excluding steroid dienone is 9. The molecule has 0 fully saturated rings. The third-order valence-electron chi connectivity index (χ3n) is 11.9. The summed E-state index contributed by atoms with van der Waals surface area (Å²) in [6, 6.07) is -0.732. The first kappa shape index (κ1) is 59.6. The summed E-state index contributed by atoms with van der Waals surface area (Å²) >= 11 is 0. The summed E-state index contributed by atoms with van der Waals surface area (Å²) in [4.78, 5) is 26.1. The molecule has 0 saturated heterocycles. The molecule has 0 rings (SSSR count). The van der Waals surface area contributed by atoms with Gasteiger partial charge in [0, 0.05) is 12.8 Å². The first-order valence-electron chi connectivity index (χ1n) is 26.5. The maximum atomic E-state index is 13.2. The fraction of sp³-hybridized carbons (Fsp3) is 0.786. The average Bonchev–Trinajstić information content (AvgIpc) is 3.26. The van der Waals surface area contributed by atoms with Gasteiger partial charge in [0.05, 0.1) is 25.2 Å². The van der Waals surface area contributed by atoms with Gasteiger partial charge in [-0.3, -0.25) is 9.59 Å². The van der Waals surface area contributed by atoms with Crippen molar-refractivity contribution < 1.29 is 24.5 Å². The molecule has 0 radical (unpaired) electrons. The Labute approximate surface area is 384 Å². The minimum absolute atomic E-state index is 0.000647. The Kier molecular flexibility index (Phi) is 47.6. The lowest BCUT2D eigenvalue weighted by Crippen LogP contribution is -2.46. The molecule has 0 aliphatic heterocycles. The van der Waals surface area contributed by atoms with Gasteiger partial charge < -0.3 is 20.3 Å². The van der Waals surface area contributed by atoms with Crippen LogP contribution in [0.4, 0.5) is 0 Å². The number of unbranched alkanes of at least 4 members (excludes halogenated alkanes) is 26. The van der Waals surface area contributed by atoms with E-state index in [1.807, 2.05) is 12.2 Å². The zero-order valence-electron chi connectivity index (χ0n) is 41.0. The number of aliphatic hydroxyl groups excluding tert-OH is 2. The summed E-state index contributed by atoms with van der Waals surface area (Å²) in [5.74, 6) is -0.575. The number of ether oxygens (including phenoxy) is 1. The fourth-order valence-electron chi connectivity index (χ4n) is 7.87.